The van der Waals surface area contributed by atoms with Gasteiger partial charge in [0.1, 0.15) is 0 Å². The number of hydrogen-bond acceptors (Lipinski definition) is 3. The highest BCUT2D eigenvalue weighted by Gasteiger charge is 2.15. The first kappa shape index (κ1) is 11.0. The molecule has 0 aliphatic carbocycles. The number of esters is 1. The van der Waals surface area contributed by atoms with Crippen LogP contribution in [0.1, 0.15) is 29.8 Å². The number of carbonyl (C=O) groups excluding carboxylic acids is 1. The molecular formula is C10H12ClNO2. The molecule has 0 bridgehead atoms. The van der Waals surface area contributed by atoms with Crippen LogP contribution in [0.25, 0.3) is 0 Å². The molecule has 0 fully saturated rings. The predicted octanol–water partition coefficient (Wildman–Crippen LogP) is 2.47. The summed E-state index contributed by atoms with van der Waals surface area (Å²) in [6.45, 7) is 4.05. The number of aromatic nitrogens is 1. The number of pyridine rings is 1. The van der Waals surface area contributed by atoms with Gasteiger partial charge in [-0.05, 0) is 18.9 Å². The molecule has 0 spiro atoms. The molecule has 4 heteroatoms. The van der Waals surface area contributed by atoms with Crippen molar-refractivity contribution in [2.24, 2.45) is 0 Å². The zero-order valence-electron chi connectivity index (χ0n) is 8.21. The van der Waals surface area contributed by atoms with Crippen molar-refractivity contribution in [3.05, 3.63) is 28.5 Å². The number of ether oxygens (including phenoxy) is 1. The van der Waals surface area contributed by atoms with Gasteiger partial charge in [0.05, 0.1) is 17.2 Å². The number of aryl methyl sites for hydroxylation is 1. The van der Waals surface area contributed by atoms with E-state index in [0.29, 0.717) is 23.6 Å². The summed E-state index contributed by atoms with van der Waals surface area (Å²) in [6, 6.07) is 0. The van der Waals surface area contributed by atoms with Gasteiger partial charge in [0.15, 0.2) is 0 Å². The Morgan fingerprint density at radius 3 is 2.79 bits per heavy atom. The van der Waals surface area contributed by atoms with E-state index >= 15 is 0 Å². The number of carbonyl (C=O) groups is 1. The van der Waals surface area contributed by atoms with Gasteiger partial charge in [-0.25, -0.2) is 4.79 Å². The molecule has 0 saturated carbocycles. The highest BCUT2D eigenvalue weighted by Crippen LogP contribution is 2.20. The van der Waals surface area contributed by atoms with Crippen LogP contribution in [0.5, 0.6) is 0 Å². The van der Waals surface area contributed by atoms with E-state index in [1.165, 1.54) is 6.20 Å². The number of rotatable bonds is 3. The molecule has 1 aromatic heterocycles. The van der Waals surface area contributed by atoms with E-state index in [-0.39, 0.29) is 5.97 Å². The van der Waals surface area contributed by atoms with E-state index in [2.05, 4.69) is 4.98 Å². The predicted molar refractivity (Wildman–Crippen MR) is 54.6 cm³/mol. The SMILES string of the molecule is CCOC(=O)c1c(Cl)cncc1CC. The maximum atomic E-state index is 11.5. The van der Waals surface area contributed by atoms with Crippen molar-refractivity contribution in [1.82, 2.24) is 4.98 Å². The van der Waals surface area contributed by atoms with E-state index < -0.39 is 0 Å². The van der Waals surface area contributed by atoms with Crippen LogP contribution in [0.4, 0.5) is 0 Å². The maximum absolute atomic E-state index is 11.5. The van der Waals surface area contributed by atoms with Crippen molar-refractivity contribution in [2.75, 3.05) is 6.61 Å². The van der Waals surface area contributed by atoms with Gasteiger partial charge in [0.2, 0.25) is 0 Å². The van der Waals surface area contributed by atoms with Crippen molar-refractivity contribution in [3.8, 4) is 0 Å². The zero-order valence-corrected chi connectivity index (χ0v) is 8.97. The third-order valence-electron chi connectivity index (χ3n) is 1.84. The first-order chi connectivity index (χ1) is 6.70. The molecule has 0 aromatic carbocycles. The molecule has 0 N–H and O–H groups in total. The van der Waals surface area contributed by atoms with E-state index in [9.17, 15) is 4.79 Å². The third kappa shape index (κ3) is 2.23. The van der Waals surface area contributed by atoms with Gasteiger partial charge in [0, 0.05) is 12.4 Å². The van der Waals surface area contributed by atoms with Crippen LogP contribution in [0.2, 0.25) is 5.02 Å². The number of hydrogen-bond donors (Lipinski definition) is 0. The molecule has 1 heterocycles. The van der Waals surface area contributed by atoms with Crippen LogP contribution in [-0.2, 0) is 11.2 Å². The number of halogens is 1. The normalized spacial score (nSPS) is 9.93. The average molecular weight is 214 g/mol. The molecule has 76 valence electrons. The van der Waals surface area contributed by atoms with Gasteiger partial charge < -0.3 is 4.74 Å². The molecule has 0 aliphatic heterocycles. The summed E-state index contributed by atoms with van der Waals surface area (Å²) in [5.41, 5.74) is 1.25. The lowest BCUT2D eigenvalue weighted by molar-refractivity contribution is 0.0525. The van der Waals surface area contributed by atoms with Crippen molar-refractivity contribution in [3.63, 3.8) is 0 Å². The quantitative estimate of drug-likeness (QED) is 0.725. The van der Waals surface area contributed by atoms with E-state index in [1.807, 2.05) is 6.92 Å². The van der Waals surface area contributed by atoms with Gasteiger partial charge in [-0.15, -0.1) is 0 Å². The molecular weight excluding hydrogens is 202 g/mol. The van der Waals surface area contributed by atoms with Gasteiger partial charge in [-0.2, -0.15) is 0 Å². The van der Waals surface area contributed by atoms with Crippen LogP contribution >= 0.6 is 11.6 Å². The monoisotopic (exact) mass is 213 g/mol. The van der Waals surface area contributed by atoms with Crippen LogP contribution in [0, 0.1) is 0 Å². The minimum absolute atomic E-state index is 0.348. The molecule has 0 aliphatic rings. The molecule has 0 unspecified atom stereocenters. The highest BCUT2D eigenvalue weighted by atomic mass is 35.5. The van der Waals surface area contributed by atoms with Gasteiger partial charge >= 0.3 is 5.97 Å². The molecule has 3 nitrogen and oxygen atoms in total. The molecule has 1 aromatic rings. The lowest BCUT2D eigenvalue weighted by atomic mass is 10.1. The van der Waals surface area contributed by atoms with Crippen LogP contribution in [-0.4, -0.2) is 17.6 Å². The van der Waals surface area contributed by atoms with Crippen LogP contribution in [0.3, 0.4) is 0 Å². The number of nitrogens with zero attached hydrogens (tertiary/aromatic N) is 1. The Morgan fingerprint density at radius 1 is 1.50 bits per heavy atom. The van der Waals surface area contributed by atoms with E-state index in [4.69, 9.17) is 16.3 Å². The molecule has 0 radical (unpaired) electrons. The van der Waals surface area contributed by atoms with Crippen LogP contribution in [0.15, 0.2) is 12.4 Å². The smallest absolute Gasteiger partial charge is 0.340 e. The minimum Gasteiger partial charge on any atom is -0.462 e. The topological polar surface area (TPSA) is 39.2 Å². The van der Waals surface area contributed by atoms with Gasteiger partial charge in [-0.3, -0.25) is 4.98 Å². The van der Waals surface area contributed by atoms with Crippen molar-refractivity contribution in [1.29, 1.82) is 0 Å². The fourth-order valence-electron chi connectivity index (χ4n) is 1.18. The highest BCUT2D eigenvalue weighted by molar-refractivity contribution is 6.33. The Labute approximate surface area is 88.1 Å². The fraction of sp³-hybridized carbons (Fsp3) is 0.400. The first-order valence-corrected chi connectivity index (χ1v) is 4.88. The molecule has 14 heavy (non-hydrogen) atoms. The molecule has 1 rings (SSSR count). The third-order valence-corrected chi connectivity index (χ3v) is 2.13. The Balaban J connectivity index is 3.10. The van der Waals surface area contributed by atoms with Gasteiger partial charge in [0.25, 0.3) is 0 Å². The van der Waals surface area contributed by atoms with Crippen molar-refractivity contribution in [2.45, 2.75) is 20.3 Å². The largest absolute Gasteiger partial charge is 0.462 e. The molecule has 0 amide bonds. The second-order valence-corrected chi connectivity index (χ2v) is 3.14. The summed E-state index contributed by atoms with van der Waals surface area (Å²) in [4.78, 5) is 15.4. The summed E-state index contributed by atoms with van der Waals surface area (Å²) in [7, 11) is 0. The van der Waals surface area contributed by atoms with E-state index in [1.54, 1.807) is 13.1 Å². The summed E-state index contributed by atoms with van der Waals surface area (Å²) in [5, 5.41) is 0.350. The Morgan fingerprint density at radius 2 is 2.21 bits per heavy atom. The summed E-state index contributed by atoms with van der Waals surface area (Å²) >= 11 is 5.88. The van der Waals surface area contributed by atoms with Gasteiger partial charge in [-0.1, -0.05) is 18.5 Å². The second-order valence-electron chi connectivity index (χ2n) is 2.73. The second kappa shape index (κ2) is 4.96. The van der Waals surface area contributed by atoms with Crippen molar-refractivity contribution < 1.29 is 9.53 Å². The lowest BCUT2D eigenvalue weighted by Crippen LogP contribution is -2.09. The van der Waals surface area contributed by atoms with Crippen molar-refractivity contribution >= 4 is 17.6 Å². The summed E-state index contributed by atoms with van der Waals surface area (Å²) in [6.07, 6.45) is 3.80. The lowest BCUT2D eigenvalue weighted by Gasteiger charge is -2.07. The Kier molecular flexibility index (Phi) is 3.89. The minimum atomic E-state index is -0.378. The van der Waals surface area contributed by atoms with Crippen LogP contribution < -0.4 is 0 Å². The standard InChI is InChI=1S/C10H12ClNO2/c1-3-7-5-12-6-8(11)9(7)10(13)14-4-2/h5-6H,3-4H2,1-2H3. The Bertz CT molecular complexity index is 339. The Hall–Kier alpha value is -1.09. The summed E-state index contributed by atoms with van der Waals surface area (Å²) < 4.78 is 4.90. The molecule has 0 saturated heterocycles. The zero-order chi connectivity index (χ0) is 10.6. The first-order valence-electron chi connectivity index (χ1n) is 4.50. The maximum Gasteiger partial charge on any atom is 0.340 e. The fourth-order valence-corrected chi connectivity index (χ4v) is 1.43. The summed E-state index contributed by atoms with van der Waals surface area (Å²) in [5.74, 6) is -0.378. The molecule has 0 atom stereocenters. The van der Waals surface area contributed by atoms with E-state index in [0.717, 1.165) is 5.56 Å². The average Bonchev–Trinajstić information content (AvgIpc) is 2.17.